The first-order chi connectivity index (χ1) is 24.2. The highest BCUT2D eigenvalue weighted by atomic mass is 32.2. The van der Waals surface area contributed by atoms with Crippen molar-refractivity contribution in [3.63, 3.8) is 0 Å². The molecule has 0 spiro atoms. The summed E-state index contributed by atoms with van der Waals surface area (Å²) in [5.74, 6) is 1.30. The third-order valence-electron chi connectivity index (χ3n) is 7.96. The van der Waals surface area contributed by atoms with Gasteiger partial charge in [0.15, 0.2) is 9.84 Å². The molecule has 0 bridgehead atoms. The minimum atomic E-state index is -3.26. The van der Waals surface area contributed by atoms with E-state index in [4.69, 9.17) is 9.47 Å². The molecule has 0 aliphatic carbocycles. The van der Waals surface area contributed by atoms with Crippen LogP contribution >= 0.6 is 11.8 Å². The highest BCUT2D eigenvalue weighted by molar-refractivity contribution is 7.98. The lowest BCUT2D eigenvalue weighted by molar-refractivity contribution is 0.209. The zero-order valence-corrected chi connectivity index (χ0v) is 29.6. The second kappa shape index (κ2) is 17.7. The van der Waals surface area contributed by atoms with Crippen LogP contribution in [0.15, 0.2) is 168 Å². The summed E-state index contributed by atoms with van der Waals surface area (Å²) in [4.78, 5) is 1.40. The van der Waals surface area contributed by atoms with E-state index in [0.29, 0.717) is 35.8 Å². The van der Waals surface area contributed by atoms with Gasteiger partial charge in [0.1, 0.15) is 36.9 Å². The molecule has 6 rings (SSSR count). The number of benzene rings is 6. The lowest BCUT2D eigenvalue weighted by atomic mass is 10.0. The SMILES string of the molecule is CS(=O)(=O)c1ccc(C(O)c2ccccc2OCc2ccccc2)cc1.CSc1ccc(C(O)c2ccccc2OCc2ccccc2)cc1. The number of hydrogen-bond donors (Lipinski definition) is 2. The molecule has 2 N–H and O–H groups in total. The van der Waals surface area contributed by atoms with Crippen molar-refractivity contribution in [3.05, 3.63) is 191 Å². The van der Waals surface area contributed by atoms with Crippen LogP contribution in [-0.4, -0.2) is 31.1 Å². The maximum absolute atomic E-state index is 11.6. The summed E-state index contributed by atoms with van der Waals surface area (Å²) in [6.45, 7) is 0.883. The Bertz CT molecular complexity index is 2030. The molecule has 0 aromatic heterocycles. The average molecular weight is 705 g/mol. The fourth-order valence-corrected chi connectivity index (χ4v) is 6.23. The largest absolute Gasteiger partial charge is 0.489 e. The summed E-state index contributed by atoms with van der Waals surface area (Å²) in [5, 5.41) is 21.5. The number of aliphatic hydroxyl groups is 2. The van der Waals surface area contributed by atoms with Gasteiger partial charge in [-0.25, -0.2) is 8.42 Å². The van der Waals surface area contributed by atoms with Gasteiger partial charge in [0.2, 0.25) is 0 Å². The summed E-state index contributed by atoms with van der Waals surface area (Å²) >= 11 is 1.69. The van der Waals surface area contributed by atoms with Crippen LogP contribution < -0.4 is 9.47 Å². The van der Waals surface area contributed by atoms with Crippen LogP contribution in [0.5, 0.6) is 11.5 Å². The van der Waals surface area contributed by atoms with E-state index in [1.54, 1.807) is 30.0 Å². The van der Waals surface area contributed by atoms with Gasteiger partial charge in [-0.2, -0.15) is 0 Å². The molecule has 8 heteroatoms. The Morgan fingerprint density at radius 3 is 1.32 bits per heavy atom. The molecule has 6 aromatic rings. The summed E-state index contributed by atoms with van der Waals surface area (Å²) in [7, 11) is -3.26. The van der Waals surface area contributed by atoms with E-state index in [9.17, 15) is 18.6 Å². The number of thioether (sulfide) groups is 1. The zero-order chi connectivity index (χ0) is 35.3. The quantitative estimate of drug-likeness (QED) is 0.123. The van der Waals surface area contributed by atoms with Crippen LogP contribution in [0.3, 0.4) is 0 Å². The van der Waals surface area contributed by atoms with Crippen molar-refractivity contribution in [3.8, 4) is 11.5 Å². The number of hydrogen-bond acceptors (Lipinski definition) is 7. The molecule has 256 valence electrons. The van der Waals surface area contributed by atoms with Gasteiger partial charge < -0.3 is 19.7 Å². The predicted molar refractivity (Wildman–Crippen MR) is 200 cm³/mol. The van der Waals surface area contributed by atoms with E-state index in [-0.39, 0.29) is 4.90 Å². The second-order valence-corrected chi connectivity index (χ2v) is 14.4. The van der Waals surface area contributed by atoms with Crippen molar-refractivity contribution in [1.29, 1.82) is 0 Å². The first kappa shape index (κ1) is 36.4. The van der Waals surface area contributed by atoms with E-state index in [0.717, 1.165) is 28.5 Å². The number of sulfone groups is 1. The van der Waals surface area contributed by atoms with E-state index in [1.165, 1.54) is 17.0 Å². The summed E-state index contributed by atoms with van der Waals surface area (Å²) < 4.78 is 35.0. The maximum Gasteiger partial charge on any atom is 0.175 e. The van der Waals surface area contributed by atoms with E-state index in [2.05, 4.69) is 0 Å². The Kier molecular flexibility index (Phi) is 12.9. The molecule has 0 heterocycles. The topological polar surface area (TPSA) is 93.1 Å². The number of rotatable bonds is 12. The standard InChI is InChI=1S/C21H20O4S.C21H20O2S/c1-26(23,24)18-13-11-17(12-14-18)21(22)19-9-5-6-10-20(19)25-15-16-7-3-2-4-8-16;1-24-18-13-11-17(12-14-18)21(22)19-9-5-6-10-20(19)23-15-16-7-3-2-4-8-16/h2-14,21-22H,15H2,1H3;2-14,21-22H,15H2,1H3. The van der Waals surface area contributed by atoms with E-state index in [1.807, 2.05) is 134 Å². The highest BCUT2D eigenvalue weighted by Gasteiger charge is 2.17. The van der Waals surface area contributed by atoms with Gasteiger partial charge in [-0.3, -0.25) is 0 Å². The van der Waals surface area contributed by atoms with Crippen LogP contribution in [0.25, 0.3) is 0 Å². The molecular formula is C42H40O6S2. The fourth-order valence-electron chi connectivity index (χ4n) is 5.19. The van der Waals surface area contributed by atoms with Crippen LogP contribution in [0, 0.1) is 0 Å². The molecular weight excluding hydrogens is 665 g/mol. The fraction of sp³-hybridized carbons (Fsp3) is 0.143. The molecule has 0 aliphatic rings. The summed E-state index contributed by atoms with van der Waals surface area (Å²) in [6.07, 6.45) is 1.59. The minimum absolute atomic E-state index is 0.224. The van der Waals surface area contributed by atoms with Gasteiger partial charge in [0, 0.05) is 22.3 Å². The molecule has 0 saturated heterocycles. The molecule has 0 fully saturated rings. The van der Waals surface area contributed by atoms with Crippen LogP contribution in [-0.2, 0) is 23.1 Å². The van der Waals surface area contributed by atoms with Gasteiger partial charge in [-0.15, -0.1) is 11.8 Å². The molecule has 50 heavy (non-hydrogen) atoms. The second-order valence-electron chi connectivity index (χ2n) is 11.5. The first-order valence-corrected chi connectivity index (χ1v) is 19.2. The number of aliphatic hydroxyl groups excluding tert-OH is 2. The van der Waals surface area contributed by atoms with Gasteiger partial charge in [0.05, 0.1) is 4.90 Å². The monoisotopic (exact) mass is 704 g/mol. The minimum Gasteiger partial charge on any atom is -0.489 e. The highest BCUT2D eigenvalue weighted by Crippen LogP contribution is 2.32. The van der Waals surface area contributed by atoms with E-state index < -0.39 is 22.0 Å². The Labute approximate surface area is 298 Å². The third-order valence-corrected chi connectivity index (χ3v) is 9.83. The predicted octanol–water partition coefficient (Wildman–Crippen LogP) is 8.82. The molecule has 2 unspecified atom stereocenters. The normalized spacial score (nSPS) is 12.2. The van der Waals surface area contributed by atoms with Crippen LogP contribution in [0.1, 0.15) is 45.6 Å². The Balaban J connectivity index is 0.000000195. The first-order valence-electron chi connectivity index (χ1n) is 16.0. The van der Waals surface area contributed by atoms with Crippen molar-refractivity contribution in [2.45, 2.75) is 35.2 Å². The third kappa shape index (κ3) is 10.1. The zero-order valence-electron chi connectivity index (χ0n) is 27.9. The maximum atomic E-state index is 11.6. The molecule has 0 radical (unpaired) electrons. The lowest BCUT2D eigenvalue weighted by Gasteiger charge is -2.17. The Hall–Kier alpha value is -4.86. The molecule has 6 aromatic carbocycles. The number of para-hydroxylation sites is 2. The molecule has 0 aliphatic heterocycles. The van der Waals surface area contributed by atoms with Gasteiger partial charge in [0.25, 0.3) is 0 Å². The Morgan fingerprint density at radius 1 is 0.540 bits per heavy atom. The van der Waals surface area contributed by atoms with Gasteiger partial charge >= 0.3 is 0 Å². The molecule has 0 saturated carbocycles. The van der Waals surface area contributed by atoms with Gasteiger partial charge in [-0.05, 0) is 64.9 Å². The van der Waals surface area contributed by atoms with Crippen LogP contribution in [0.4, 0.5) is 0 Å². The molecule has 6 nitrogen and oxygen atoms in total. The van der Waals surface area contributed by atoms with Crippen molar-refractivity contribution in [2.24, 2.45) is 0 Å². The van der Waals surface area contributed by atoms with Gasteiger partial charge in [-0.1, -0.05) is 121 Å². The summed E-state index contributed by atoms with van der Waals surface area (Å²) in [5.41, 5.74) is 5.03. The average Bonchev–Trinajstić information content (AvgIpc) is 3.17. The van der Waals surface area contributed by atoms with Crippen LogP contribution in [0.2, 0.25) is 0 Å². The Morgan fingerprint density at radius 2 is 0.920 bits per heavy atom. The summed E-state index contributed by atoms with van der Waals surface area (Å²) in [6, 6.07) is 49.0. The lowest BCUT2D eigenvalue weighted by Crippen LogP contribution is -2.05. The van der Waals surface area contributed by atoms with Crippen molar-refractivity contribution in [1.82, 2.24) is 0 Å². The van der Waals surface area contributed by atoms with Crippen molar-refractivity contribution in [2.75, 3.05) is 12.5 Å². The van der Waals surface area contributed by atoms with Crippen molar-refractivity contribution >= 4 is 21.6 Å². The van der Waals surface area contributed by atoms with E-state index >= 15 is 0 Å². The molecule has 0 amide bonds. The number of ether oxygens (including phenoxy) is 2. The molecule has 2 atom stereocenters. The van der Waals surface area contributed by atoms with Crippen molar-refractivity contribution < 1.29 is 28.1 Å². The smallest absolute Gasteiger partial charge is 0.175 e.